The largest absolute Gasteiger partial charge is 0.416 e. The number of para-hydroxylation sites is 2. The highest BCUT2D eigenvalue weighted by atomic mass is 19.1. The van der Waals surface area contributed by atoms with E-state index in [1.54, 1.807) is 30.3 Å². The smallest absolute Gasteiger partial charge is 0.410 e. The number of benzene rings is 2. The lowest BCUT2D eigenvalue weighted by Crippen LogP contribution is -2.17. The molecule has 0 spiro atoms. The van der Waals surface area contributed by atoms with Gasteiger partial charge in [0.2, 0.25) is 5.69 Å². The van der Waals surface area contributed by atoms with Gasteiger partial charge in [0.15, 0.2) is 0 Å². The quantitative estimate of drug-likeness (QED) is 0.825. The molecule has 19 heavy (non-hydrogen) atoms. The lowest BCUT2D eigenvalue weighted by atomic mass is 10.2. The van der Waals surface area contributed by atoms with Crippen LogP contribution in [0.3, 0.4) is 0 Å². The Morgan fingerprint density at radius 2 is 1.89 bits per heavy atom. The lowest BCUT2D eigenvalue weighted by Gasteiger charge is -2.08. The molecule has 5 heteroatoms. The first-order chi connectivity index (χ1) is 9.20. The van der Waals surface area contributed by atoms with Crippen LogP contribution in [0.4, 0.5) is 20.6 Å². The molecule has 0 radical (unpaired) electrons. The zero-order valence-corrected chi connectivity index (χ0v) is 9.76. The second kappa shape index (κ2) is 5.65. The lowest BCUT2D eigenvalue weighted by molar-refractivity contribution is 0.215. The fourth-order valence-electron chi connectivity index (χ4n) is 1.45. The number of ether oxygens (including phenoxy) is 1. The van der Waals surface area contributed by atoms with E-state index < -0.39 is 11.9 Å². The molecule has 2 aromatic rings. The summed E-state index contributed by atoms with van der Waals surface area (Å²) in [6, 6.07) is 12.3. The van der Waals surface area contributed by atoms with Gasteiger partial charge in [-0.3, -0.25) is 5.32 Å². The first kappa shape index (κ1) is 12.6. The molecule has 0 saturated carbocycles. The monoisotopic (exact) mass is 256 g/mol. The van der Waals surface area contributed by atoms with Crippen LogP contribution in [-0.4, -0.2) is 6.09 Å². The maximum Gasteiger partial charge on any atom is 0.416 e. The second-order valence-corrected chi connectivity index (χ2v) is 3.57. The fraction of sp³-hybridized carbons (Fsp3) is 0. The third-order valence-corrected chi connectivity index (χ3v) is 2.29. The number of nitrogens with one attached hydrogen (secondary N) is 1. The molecule has 0 heterocycles. The van der Waals surface area contributed by atoms with Gasteiger partial charge in [-0.25, -0.2) is 14.0 Å². The Morgan fingerprint density at radius 1 is 1.16 bits per heavy atom. The van der Waals surface area contributed by atoms with Gasteiger partial charge < -0.3 is 4.74 Å². The first-order valence-corrected chi connectivity index (χ1v) is 5.40. The van der Waals surface area contributed by atoms with Crippen LogP contribution in [0.2, 0.25) is 0 Å². The molecule has 94 valence electrons. The predicted octanol–water partition coefficient (Wildman–Crippen LogP) is 3.99. The van der Waals surface area contributed by atoms with Gasteiger partial charge in [0.25, 0.3) is 0 Å². The van der Waals surface area contributed by atoms with Gasteiger partial charge in [-0.1, -0.05) is 30.3 Å². The number of carbonyl (C=O) groups excluding carboxylic acids is 1. The van der Waals surface area contributed by atoms with Crippen LogP contribution < -0.4 is 10.1 Å². The molecule has 2 aromatic carbocycles. The number of hydrogen-bond acceptors (Lipinski definition) is 2. The van der Waals surface area contributed by atoms with E-state index in [1.165, 1.54) is 12.1 Å². The summed E-state index contributed by atoms with van der Waals surface area (Å²) in [7, 11) is 0. The molecule has 2 rings (SSSR count). The number of halogens is 1. The fourth-order valence-corrected chi connectivity index (χ4v) is 1.45. The molecular weight excluding hydrogens is 247 g/mol. The second-order valence-electron chi connectivity index (χ2n) is 3.57. The van der Waals surface area contributed by atoms with Crippen molar-refractivity contribution in [3.8, 4) is 5.75 Å². The highest BCUT2D eigenvalue weighted by Gasteiger charge is 2.12. The Hall–Kier alpha value is -2.87. The maximum atomic E-state index is 13.5. The Kier molecular flexibility index (Phi) is 3.74. The number of amides is 1. The molecule has 1 amide bonds. The van der Waals surface area contributed by atoms with E-state index in [0.717, 1.165) is 6.07 Å². The molecule has 0 atom stereocenters. The van der Waals surface area contributed by atoms with Gasteiger partial charge in [0.1, 0.15) is 11.6 Å². The average molecular weight is 256 g/mol. The summed E-state index contributed by atoms with van der Waals surface area (Å²) in [5.74, 6) is -0.348. The Bertz CT molecular complexity index is 636. The van der Waals surface area contributed by atoms with E-state index in [9.17, 15) is 9.18 Å². The summed E-state index contributed by atoms with van der Waals surface area (Å²) in [6.07, 6.45) is -0.846. The number of hydrogen-bond donors (Lipinski definition) is 1. The molecule has 0 aromatic heterocycles. The normalized spacial score (nSPS) is 9.47. The van der Waals surface area contributed by atoms with E-state index in [2.05, 4.69) is 10.2 Å². The summed E-state index contributed by atoms with van der Waals surface area (Å²) < 4.78 is 18.5. The van der Waals surface area contributed by atoms with Crippen molar-refractivity contribution in [1.29, 1.82) is 0 Å². The standard InChI is InChI=1S/C14H9FN2O2/c1-16-12-9-5-8-11(15)13(12)17-14(18)19-10-6-3-2-4-7-10/h2-9H,(H,17,18). The molecule has 0 unspecified atom stereocenters. The van der Waals surface area contributed by atoms with Crippen molar-refractivity contribution < 1.29 is 13.9 Å². The van der Waals surface area contributed by atoms with Crippen LogP contribution in [0, 0.1) is 12.4 Å². The predicted molar refractivity (Wildman–Crippen MR) is 68.8 cm³/mol. The van der Waals surface area contributed by atoms with Crippen molar-refractivity contribution in [2.24, 2.45) is 0 Å². The molecule has 0 saturated heterocycles. The van der Waals surface area contributed by atoms with E-state index in [-0.39, 0.29) is 11.4 Å². The zero-order valence-electron chi connectivity index (χ0n) is 9.76. The summed E-state index contributed by atoms with van der Waals surface area (Å²) in [4.78, 5) is 14.7. The summed E-state index contributed by atoms with van der Waals surface area (Å²) in [5, 5.41) is 2.23. The third-order valence-electron chi connectivity index (χ3n) is 2.29. The molecule has 0 aliphatic heterocycles. The Morgan fingerprint density at radius 3 is 2.58 bits per heavy atom. The van der Waals surface area contributed by atoms with Gasteiger partial charge in [0.05, 0.1) is 12.3 Å². The van der Waals surface area contributed by atoms with Crippen LogP contribution in [0.5, 0.6) is 5.75 Å². The SMILES string of the molecule is [C-]#[N+]c1cccc(F)c1NC(=O)Oc1ccccc1. The van der Waals surface area contributed by atoms with Gasteiger partial charge in [0, 0.05) is 0 Å². The van der Waals surface area contributed by atoms with Gasteiger partial charge in [-0.15, -0.1) is 0 Å². The van der Waals surface area contributed by atoms with E-state index in [0.29, 0.717) is 5.75 Å². The van der Waals surface area contributed by atoms with Crippen molar-refractivity contribution in [2.45, 2.75) is 0 Å². The van der Waals surface area contributed by atoms with Crippen molar-refractivity contribution in [3.05, 3.63) is 65.8 Å². The number of nitrogens with zero attached hydrogens (tertiary/aromatic N) is 1. The molecule has 0 bridgehead atoms. The summed E-state index contributed by atoms with van der Waals surface area (Å²) in [5.41, 5.74) is -0.163. The molecule has 0 aliphatic carbocycles. The molecule has 0 fully saturated rings. The van der Waals surface area contributed by atoms with Crippen LogP contribution in [0.1, 0.15) is 0 Å². The zero-order chi connectivity index (χ0) is 13.7. The van der Waals surface area contributed by atoms with Crippen LogP contribution >= 0.6 is 0 Å². The van der Waals surface area contributed by atoms with E-state index in [1.807, 2.05) is 0 Å². The number of carbonyl (C=O) groups is 1. The minimum atomic E-state index is -0.846. The molecular formula is C14H9FN2O2. The summed E-state index contributed by atoms with van der Waals surface area (Å²) >= 11 is 0. The first-order valence-electron chi connectivity index (χ1n) is 5.40. The van der Waals surface area contributed by atoms with Gasteiger partial charge in [-0.2, -0.15) is 0 Å². The van der Waals surface area contributed by atoms with Crippen LogP contribution in [0.15, 0.2) is 48.5 Å². The number of anilines is 1. The maximum absolute atomic E-state index is 13.5. The van der Waals surface area contributed by atoms with Crippen molar-refractivity contribution in [1.82, 2.24) is 0 Å². The average Bonchev–Trinajstić information content (AvgIpc) is 2.42. The Labute approximate surface area is 109 Å². The van der Waals surface area contributed by atoms with Gasteiger partial charge in [-0.05, 0) is 18.2 Å². The minimum Gasteiger partial charge on any atom is -0.410 e. The Balaban J connectivity index is 2.14. The van der Waals surface area contributed by atoms with Crippen molar-refractivity contribution in [2.75, 3.05) is 5.32 Å². The molecule has 0 aliphatic rings. The highest BCUT2D eigenvalue weighted by molar-refractivity contribution is 5.91. The highest BCUT2D eigenvalue weighted by Crippen LogP contribution is 2.27. The van der Waals surface area contributed by atoms with E-state index >= 15 is 0 Å². The topological polar surface area (TPSA) is 42.7 Å². The van der Waals surface area contributed by atoms with Gasteiger partial charge >= 0.3 is 6.09 Å². The van der Waals surface area contributed by atoms with Crippen LogP contribution in [-0.2, 0) is 0 Å². The van der Waals surface area contributed by atoms with Crippen molar-refractivity contribution >= 4 is 17.5 Å². The number of rotatable bonds is 2. The van der Waals surface area contributed by atoms with Crippen molar-refractivity contribution in [3.63, 3.8) is 0 Å². The van der Waals surface area contributed by atoms with Crippen LogP contribution in [0.25, 0.3) is 4.85 Å². The third kappa shape index (κ3) is 3.07. The van der Waals surface area contributed by atoms with E-state index in [4.69, 9.17) is 11.3 Å². The molecule has 4 nitrogen and oxygen atoms in total. The minimum absolute atomic E-state index is 0.0185. The molecule has 1 N–H and O–H groups in total. The summed E-state index contributed by atoms with van der Waals surface area (Å²) in [6.45, 7) is 6.91.